The minimum absolute atomic E-state index is 0.174. The second kappa shape index (κ2) is 8.54. The van der Waals surface area contributed by atoms with Gasteiger partial charge in [0.15, 0.2) is 6.61 Å². The number of esters is 1. The molecule has 142 valence electrons. The van der Waals surface area contributed by atoms with Crippen LogP contribution in [0.5, 0.6) is 0 Å². The largest absolute Gasteiger partial charge is 0.452 e. The molecule has 1 aliphatic carbocycles. The molecule has 0 saturated heterocycles. The third-order valence-electron chi connectivity index (χ3n) is 4.44. The molecule has 1 amide bonds. The fourth-order valence-electron chi connectivity index (χ4n) is 3.18. The summed E-state index contributed by atoms with van der Waals surface area (Å²) in [5.74, 6) is -0.850. The maximum atomic E-state index is 12.3. The molecule has 1 aliphatic rings. The SMILES string of the molecule is Cc1nn(CC(C)C)c(Cl)c1C(=O)OCC(=O)NC1(C#N)CCCCC1. The number of halogens is 1. The van der Waals surface area contributed by atoms with Crippen LogP contribution in [0.2, 0.25) is 5.15 Å². The van der Waals surface area contributed by atoms with Crippen molar-refractivity contribution >= 4 is 23.5 Å². The topological polar surface area (TPSA) is 97.0 Å². The molecule has 1 heterocycles. The Kier molecular flexibility index (Phi) is 6.65. The third kappa shape index (κ3) is 4.76. The standard InChI is InChI=1S/C18H25ClN4O3/c1-12(2)9-23-16(19)15(13(3)22-23)17(25)26-10-14(24)21-18(11-20)7-5-4-6-8-18/h12H,4-10H2,1-3H3,(H,21,24). The van der Waals surface area contributed by atoms with Gasteiger partial charge in [-0.05, 0) is 25.7 Å². The molecular weight excluding hydrogens is 356 g/mol. The van der Waals surface area contributed by atoms with Gasteiger partial charge in [0.2, 0.25) is 0 Å². The summed E-state index contributed by atoms with van der Waals surface area (Å²) in [6.45, 7) is 5.84. The van der Waals surface area contributed by atoms with E-state index in [9.17, 15) is 14.9 Å². The van der Waals surface area contributed by atoms with E-state index in [1.54, 1.807) is 11.6 Å². The van der Waals surface area contributed by atoms with Gasteiger partial charge in [-0.15, -0.1) is 0 Å². The maximum Gasteiger partial charge on any atom is 0.343 e. The highest BCUT2D eigenvalue weighted by atomic mass is 35.5. The lowest BCUT2D eigenvalue weighted by atomic mass is 9.83. The number of aryl methyl sites for hydroxylation is 1. The first-order valence-corrected chi connectivity index (χ1v) is 9.28. The van der Waals surface area contributed by atoms with Crippen LogP contribution in [0.15, 0.2) is 0 Å². The lowest BCUT2D eigenvalue weighted by Crippen LogP contribution is -2.50. The van der Waals surface area contributed by atoms with Crippen molar-refractivity contribution in [3.63, 3.8) is 0 Å². The number of nitrogens with one attached hydrogen (secondary N) is 1. The molecule has 1 aromatic rings. The lowest BCUT2D eigenvalue weighted by molar-refractivity contribution is -0.125. The first-order valence-electron chi connectivity index (χ1n) is 8.90. The van der Waals surface area contributed by atoms with Crippen LogP contribution in [0.3, 0.4) is 0 Å². The molecule has 1 saturated carbocycles. The Bertz CT molecular complexity index is 715. The van der Waals surface area contributed by atoms with E-state index in [-0.39, 0.29) is 10.7 Å². The molecule has 1 aromatic heterocycles. The van der Waals surface area contributed by atoms with E-state index >= 15 is 0 Å². The molecule has 0 unspecified atom stereocenters. The summed E-state index contributed by atoms with van der Waals surface area (Å²) in [6.07, 6.45) is 4.10. The molecule has 0 aromatic carbocycles. The van der Waals surface area contributed by atoms with Gasteiger partial charge < -0.3 is 10.1 Å². The van der Waals surface area contributed by atoms with E-state index < -0.39 is 24.0 Å². The maximum absolute atomic E-state index is 12.3. The quantitative estimate of drug-likeness (QED) is 0.765. The van der Waals surface area contributed by atoms with E-state index in [2.05, 4.69) is 16.5 Å². The van der Waals surface area contributed by atoms with Crippen LogP contribution < -0.4 is 5.32 Å². The molecule has 0 spiro atoms. The summed E-state index contributed by atoms with van der Waals surface area (Å²) in [4.78, 5) is 24.5. The minimum atomic E-state index is -0.850. The normalized spacial score (nSPS) is 16.2. The number of nitriles is 1. The molecule has 1 N–H and O–H groups in total. The molecule has 0 atom stereocenters. The number of ether oxygens (including phenoxy) is 1. The number of carbonyl (C=O) groups excluding carboxylic acids is 2. The average molecular weight is 381 g/mol. The fourth-order valence-corrected chi connectivity index (χ4v) is 3.50. The monoisotopic (exact) mass is 380 g/mol. The number of nitrogens with zero attached hydrogens (tertiary/aromatic N) is 3. The van der Waals surface area contributed by atoms with Crippen molar-refractivity contribution < 1.29 is 14.3 Å². The first kappa shape index (κ1) is 20.2. The third-order valence-corrected chi connectivity index (χ3v) is 4.83. The van der Waals surface area contributed by atoms with E-state index in [1.807, 2.05) is 13.8 Å². The first-order chi connectivity index (χ1) is 12.3. The predicted octanol–water partition coefficient (Wildman–Crippen LogP) is 3.00. The van der Waals surface area contributed by atoms with Crippen LogP contribution >= 0.6 is 11.6 Å². The van der Waals surface area contributed by atoms with E-state index in [0.717, 1.165) is 19.3 Å². The zero-order valence-electron chi connectivity index (χ0n) is 15.5. The van der Waals surface area contributed by atoms with Crippen molar-refractivity contribution in [2.24, 2.45) is 5.92 Å². The van der Waals surface area contributed by atoms with Crippen LogP contribution in [0, 0.1) is 24.2 Å². The van der Waals surface area contributed by atoms with Gasteiger partial charge in [0.05, 0.1) is 11.8 Å². The molecule has 7 nitrogen and oxygen atoms in total. The predicted molar refractivity (Wildman–Crippen MR) is 96.7 cm³/mol. The van der Waals surface area contributed by atoms with Crippen molar-refractivity contribution in [3.05, 3.63) is 16.4 Å². The zero-order valence-corrected chi connectivity index (χ0v) is 16.2. The number of carbonyl (C=O) groups is 2. The van der Waals surface area contributed by atoms with Crippen LogP contribution in [0.25, 0.3) is 0 Å². The van der Waals surface area contributed by atoms with Crippen LogP contribution in [-0.2, 0) is 16.1 Å². The van der Waals surface area contributed by atoms with Gasteiger partial charge in [0.25, 0.3) is 5.91 Å². The molecule has 0 bridgehead atoms. The van der Waals surface area contributed by atoms with E-state index in [4.69, 9.17) is 16.3 Å². The van der Waals surface area contributed by atoms with Gasteiger partial charge in [0, 0.05) is 6.54 Å². The van der Waals surface area contributed by atoms with Crippen LogP contribution in [0.1, 0.15) is 62.0 Å². The van der Waals surface area contributed by atoms with Crippen LogP contribution in [0.4, 0.5) is 0 Å². The molecule has 26 heavy (non-hydrogen) atoms. The Morgan fingerprint density at radius 3 is 2.62 bits per heavy atom. The molecule has 0 aliphatic heterocycles. The van der Waals surface area contributed by atoms with Gasteiger partial charge in [-0.3, -0.25) is 9.48 Å². The highest BCUT2D eigenvalue weighted by Gasteiger charge is 2.34. The average Bonchev–Trinajstić information content (AvgIpc) is 2.86. The fraction of sp³-hybridized carbons (Fsp3) is 0.667. The molecular formula is C18H25ClN4O3. The Labute approximate surface area is 158 Å². The number of aromatic nitrogens is 2. The van der Waals surface area contributed by atoms with Gasteiger partial charge in [-0.25, -0.2) is 4.79 Å². The Hall–Kier alpha value is -2.07. The van der Waals surface area contributed by atoms with Gasteiger partial charge in [-0.2, -0.15) is 10.4 Å². The smallest absolute Gasteiger partial charge is 0.343 e. The number of rotatable bonds is 6. The van der Waals surface area contributed by atoms with Crippen molar-refractivity contribution in [1.82, 2.24) is 15.1 Å². The van der Waals surface area contributed by atoms with Gasteiger partial charge in [0.1, 0.15) is 16.3 Å². The Morgan fingerprint density at radius 1 is 1.38 bits per heavy atom. The van der Waals surface area contributed by atoms with Crippen molar-refractivity contribution in [2.75, 3.05) is 6.61 Å². The second-order valence-electron chi connectivity index (χ2n) is 7.21. The van der Waals surface area contributed by atoms with E-state index in [0.29, 0.717) is 31.0 Å². The number of hydrogen-bond acceptors (Lipinski definition) is 5. The van der Waals surface area contributed by atoms with Crippen LogP contribution in [-0.4, -0.2) is 33.8 Å². The zero-order chi connectivity index (χ0) is 19.3. The Morgan fingerprint density at radius 2 is 2.04 bits per heavy atom. The number of amides is 1. The summed E-state index contributed by atoms with van der Waals surface area (Å²) < 4.78 is 6.66. The van der Waals surface area contributed by atoms with Crippen molar-refractivity contribution in [2.45, 2.75) is 65.0 Å². The van der Waals surface area contributed by atoms with Gasteiger partial charge in [-0.1, -0.05) is 44.7 Å². The van der Waals surface area contributed by atoms with Gasteiger partial charge >= 0.3 is 5.97 Å². The highest BCUT2D eigenvalue weighted by molar-refractivity contribution is 6.32. The highest BCUT2D eigenvalue weighted by Crippen LogP contribution is 2.27. The summed E-state index contributed by atoms with van der Waals surface area (Å²) in [5, 5.41) is 16.6. The molecule has 8 heteroatoms. The van der Waals surface area contributed by atoms with Crippen molar-refractivity contribution in [3.8, 4) is 6.07 Å². The summed E-state index contributed by atoms with van der Waals surface area (Å²) in [7, 11) is 0. The lowest BCUT2D eigenvalue weighted by Gasteiger charge is -2.31. The molecule has 2 rings (SSSR count). The summed E-state index contributed by atoms with van der Waals surface area (Å²) >= 11 is 6.24. The summed E-state index contributed by atoms with van der Waals surface area (Å²) in [6, 6.07) is 2.20. The van der Waals surface area contributed by atoms with Crippen molar-refractivity contribution in [1.29, 1.82) is 5.26 Å². The second-order valence-corrected chi connectivity index (χ2v) is 7.56. The molecule has 0 radical (unpaired) electrons. The Balaban J connectivity index is 1.97. The molecule has 1 fully saturated rings. The number of hydrogen-bond donors (Lipinski definition) is 1. The summed E-state index contributed by atoms with van der Waals surface area (Å²) in [5.41, 5.74) is -0.216. The van der Waals surface area contributed by atoms with E-state index in [1.165, 1.54) is 0 Å². The minimum Gasteiger partial charge on any atom is -0.452 e.